The number of aryl methyl sites for hydroxylation is 1. The van der Waals surface area contributed by atoms with E-state index in [2.05, 4.69) is 5.32 Å². The third-order valence-corrected chi connectivity index (χ3v) is 7.11. The number of carbonyl (C=O) groups is 3. The number of amides is 3. The highest BCUT2D eigenvalue weighted by Gasteiger charge is 2.36. The van der Waals surface area contributed by atoms with Crippen molar-refractivity contribution in [3.05, 3.63) is 97.9 Å². The summed E-state index contributed by atoms with van der Waals surface area (Å²) >= 11 is 12.9. The second-order valence-corrected chi connectivity index (χ2v) is 10.00. The predicted octanol–water partition coefficient (Wildman–Crippen LogP) is 6.86. The zero-order valence-electron chi connectivity index (χ0n) is 19.5. The minimum atomic E-state index is -0.514. The summed E-state index contributed by atoms with van der Waals surface area (Å²) in [6.07, 6.45) is 1.61. The summed E-state index contributed by atoms with van der Waals surface area (Å²) in [4.78, 5) is 39.1. The van der Waals surface area contributed by atoms with Gasteiger partial charge in [-0.05, 0) is 78.7 Å². The average Bonchev–Trinajstić information content (AvgIpc) is 3.09. The molecule has 0 aromatic heterocycles. The first-order chi connectivity index (χ1) is 17.2. The summed E-state index contributed by atoms with van der Waals surface area (Å²) in [5, 5.41) is 3.34. The normalized spacial score (nSPS) is 14.4. The van der Waals surface area contributed by atoms with Gasteiger partial charge >= 0.3 is 0 Å². The molecule has 0 spiro atoms. The van der Waals surface area contributed by atoms with E-state index < -0.39 is 17.1 Å². The number of nitrogens with zero attached hydrogens (tertiary/aromatic N) is 1. The summed E-state index contributed by atoms with van der Waals surface area (Å²) in [5.74, 6) is -0.384. The Morgan fingerprint density at radius 3 is 2.61 bits per heavy atom. The number of carbonyl (C=O) groups excluding carboxylic acids is 3. The summed E-state index contributed by atoms with van der Waals surface area (Å²) in [7, 11) is 0. The van der Waals surface area contributed by atoms with E-state index in [1.54, 1.807) is 54.6 Å². The van der Waals surface area contributed by atoms with Crippen molar-refractivity contribution in [1.82, 2.24) is 4.90 Å². The van der Waals surface area contributed by atoms with Crippen LogP contribution in [0.3, 0.4) is 0 Å². The van der Waals surface area contributed by atoms with Gasteiger partial charge in [0.25, 0.3) is 11.1 Å². The molecule has 6 nitrogen and oxygen atoms in total. The van der Waals surface area contributed by atoms with Crippen LogP contribution in [0.15, 0.2) is 65.6 Å². The fourth-order valence-electron chi connectivity index (χ4n) is 3.50. The van der Waals surface area contributed by atoms with Crippen molar-refractivity contribution in [3.8, 4) is 5.75 Å². The van der Waals surface area contributed by atoms with Gasteiger partial charge in [0.15, 0.2) is 0 Å². The highest BCUT2D eigenvalue weighted by Crippen LogP contribution is 2.33. The number of anilines is 1. The van der Waals surface area contributed by atoms with Crippen molar-refractivity contribution in [2.24, 2.45) is 0 Å². The van der Waals surface area contributed by atoms with E-state index in [0.29, 0.717) is 27.0 Å². The van der Waals surface area contributed by atoms with Crippen LogP contribution in [-0.2, 0) is 16.2 Å². The van der Waals surface area contributed by atoms with Crippen molar-refractivity contribution in [2.45, 2.75) is 20.5 Å². The van der Waals surface area contributed by atoms with E-state index in [1.807, 2.05) is 26.0 Å². The molecule has 184 valence electrons. The van der Waals surface area contributed by atoms with Crippen LogP contribution in [0.5, 0.6) is 5.75 Å². The van der Waals surface area contributed by atoms with Crippen LogP contribution in [0.25, 0.3) is 6.08 Å². The smallest absolute Gasteiger partial charge is 0.294 e. The fraction of sp³-hybridized carbons (Fsp3) is 0.148. The lowest BCUT2D eigenvalue weighted by atomic mass is 10.1. The molecule has 0 radical (unpaired) electrons. The van der Waals surface area contributed by atoms with Crippen LogP contribution < -0.4 is 10.1 Å². The molecule has 1 saturated heterocycles. The number of hydrogen-bond donors (Lipinski definition) is 1. The van der Waals surface area contributed by atoms with Crippen LogP contribution >= 0.6 is 35.0 Å². The molecule has 0 atom stereocenters. The van der Waals surface area contributed by atoms with Crippen LogP contribution in [0, 0.1) is 13.8 Å². The highest BCUT2D eigenvalue weighted by molar-refractivity contribution is 8.18. The molecule has 1 aliphatic heterocycles. The Labute approximate surface area is 223 Å². The third-order valence-electron chi connectivity index (χ3n) is 5.62. The van der Waals surface area contributed by atoms with E-state index >= 15 is 0 Å². The topological polar surface area (TPSA) is 75.7 Å². The van der Waals surface area contributed by atoms with Gasteiger partial charge in [0.2, 0.25) is 5.91 Å². The van der Waals surface area contributed by atoms with Crippen molar-refractivity contribution in [1.29, 1.82) is 0 Å². The van der Waals surface area contributed by atoms with Gasteiger partial charge in [-0.15, -0.1) is 0 Å². The first kappa shape index (κ1) is 25.8. The Hall–Kier alpha value is -3.26. The maximum absolute atomic E-state index is 12.9. The summed E-state index contributed by atoms with van der Waals surface area (Å²) in [6, 6.07) is 17.9. The second-order valence-electron chi connectivity index (χ2n) is 8.16. The molecular weight excluding hydrogens is 519 g/mol. The van der Waals surface area contributed by atoms with Gasteiger partial charge in [-0.25, -0.2) is 0 Å². The maximum atomic E-state index is 12.9. The number of hydrogen-bond acceptors (Lipinski definition) is 5. The van der Waals surface area contributed by atoms with E-state index in [-0.39, 0.29) is 18.1 Å². The Balaban J connectivity index is 1.41. The maximum Gasteiger partial charge on any atom is 0.294 e. The van der Waals surface area contributed by atoms with Crippen molar-refractivity contribution in [3.63, 3.8) is 0 Å². The summed E-state index contributed by atoms with van der Waals surface area (Å²) < 4.78 is 5.84. The van der Waals surface area contributed by atoms with E-state index in [1.165, 1.54) is 0 Å². The number of thioether (sulfide) groups is 1. The molecule has 3 amide bonds. The minimum absolute atomic E-state index is 0.234. The van der Waals surface area contributed by atoms with Crippen LogP contribution in [-0.4, -0.2) is 28.5 Å². The molecule has 0 unspecified atom stereocenters. The zero-order chi connectivity index (χ0) is 25.8. The largest absolute Gasteiger partial charge is 0.489 e. The molecular formula is C27H22Cl2N2O4S. The van der Waals surface area contributed by atoms with E-state index in [0.717, 1.165) is 33.4 Å². The summed E-state index contributed by atoms with van der Waals surface area (Å²) in [6.45, 7) is 3.72. The molecule has 1 heterocycles. The molecule has 0 bridgehead atoms. The van der Waals surface area contributed by atoms with Gasteiger partial charge in [0.1, 0.15) is 18.9 Å². The van der Waals surface area contributed by atoms with Crippen LogP contribution in [0.1, 0.15) is 22.3 Å². The number of halogens is 2. The number of ether oxygens (including phenoxy) is 1. The molecule has 3 aromatic carbocycles. The molecule has 0 aliphatic carbocycles. The average molecular weight is 541 g/mol. The first-order valence-corrected chi connectivity index (χ1v) is 12.6. The number of imide groups is 1. The number of rotatable bonds is 7. The molecule has 1 fully saturated rings. The fourth-order valence-corrected chi connectivity index (χ4v) is 4.80. The standard InChI is InChI=1S/C27H22Cl2N2O4S/c1-16-5-3-8-23(17(16)2)30-25(32)14-31-26(33)24(36-27(31)34)12-18-6-4-7-21(11-18)35-15-19-9-10-20(28)13-22(19)29/h3-13H,14-15H2,1-2H3,(H,30,32)/b24-12+. The number of nitrogens with one attached hydrogen (secondary N) is 1. The zero-order valence-corrected chi connectivity index (χ0v) is 21.8. The van der Waals surface area contributed by atoms with E-state index in [4.69, 9.17) is 27.9 Å². The molecule has 3 aromatic rings. The second kappa shape index (κ2) is 11.2. The minimum Gasteiger partial charge on any atom is -0.489 e. The first-order valence-electron chi connectivity index (χ1n) is 11.0. The Kier molecular flexibility index (Phi) is 8.04. The Morgan fingerprint density at radius 1 is 1.06 bits per heavy atom. The van der Waals surface area contributed by atoms with E-state index in [9.17, 15) is 14.4 Å². The predicted molar refractivity (Wildman–Crippen MR) is 144 cm³/mol. The van der Waals surface area contributed by atoms with Crippen molar-refractivity contribution < 1.29 is 19.1 Å². The molecule has 9 heteroatoms. The van der Waals surface area contributed by atoms with Gasteiger partial charge in [-0.3, -0.25) is 19.3 Å². The quantitative estimate of drug-likeness (QED) is 0.331. The lowest BCUT2D eigenvalue weighted by Crippen LogP contribution is -2.36. The molecule has 1 aliphatic rings. The summed E-state index contributed by atoms with van der Waals surface area (Å²) in [5.41, 5.74) is 4.08. The molecule has 0 saturated carbocycles. The van der Waals surface area contributed by atoms with Gasteiger partial charge < -0.3 is 10.1 Å². The van der Waals surface area contributed by atoms with Gasteiger partial charge in [-0.2, -0.15) is 0 Å². The lowest BCUT2D eigenvalue weighted by Gasteiger charge is -2.14. The molecule has 4 rings (SSSR count). The molecule has 36 heavy (non-hydrogen) atoms. The third kappa shape index (κ3) is 6.10. The Morgan fingerprint density at radius 2 is 1.83 bits per heavy atom. The molecule has 1 N–H and O–H groups in total. The number of benzene rings is 3. The lowest BCUT2D eigenvalue weighted by molar-refractivity contribution is -0.127. The van der Waals surface area contributed by atoms with Crippen LogP contribution in [0.2, 0.25) is 10.0 Å². The SMILES string of the molecule is Cc1cccc(NC(=O)CN2C(=O)S/C(=C/c3cccc(OCc4ccc(Cl)cc4Cl)c3)C2=O)c1C. The van der Waals surface area contributed by atoms with Crippen molar-refractivity contribution in [2.75, 3.05) is 11.9 Å². The van der Waals surface area contributed by atoms with Gasteiger partial charge in [-0.1, -0.05) is 53.5 Å². The monoisotopic (exact) mass is 540 g/mol. The highest BCUT2D eigenvalue weighted by atomic mass is 35.5. The van der Waals surface area contributed by atoms with Gasteiger partial charge in [0, 0.05) is 21.3 Å². The van der Waals surface area contributed by atoms with Gasteiger partial charge in [0.05, 0.1) is 4.91 Å². The van der Waals surface area contributed by atoms with Crippen LogP contribution in [0.4, 0.5) is 10.5 Å². The Bertz CT molecular complexity index is 1390. The van der Waals surface area contributed by atoms with Crippen molar-refractivity contribution >= 4 is 63.8 Å².